The second kappa shape index (κ2) is 9.72. The number of ether oxygens (including phenoxy) is 3. The van der Waals surface area contributed by atoms with Crippen LogP contribution in [0.15, 0.2) is 42.5 Å². The molecular formula is C24H26N2O6. The lowest BCUT2D eigenvalue weighted by atomic mass is 10.1. The molecule has 0 atom stereocenters. The number of likely N-dealkylation sites (N-methyl/N-ethyl adjacent to an activating group) is 1. The van der Waals surface area contributed by atoms with Crippen molar-refractivity contribution in [3.05, 3.63) is 59.2 Å². The van der Waals surface area contributed by atoms with E-state index in [0.717, 1.165) is 24.1 Å². The van der Waals surface area contributed by atoms with Crippen molar-refractivity contribution in [2.24, 2.45) is 0 Å². The van der Waals surface area contributed by atoms with Gasteiger partial charge < -0.3 is 24.0 Å². The quantitative estimate of drug-likeness (QED) is 0.589. The normalized spacial score (nSPS) is 14.5. The van der Waals surface area contributed by atoms with Crippen molar-refractivity contribution in [2.45, 2.75) is 32.9 Å². The number of hydrogen-bond donors (Lipinski definition) is 0. The molecule has 0 N–H and O–H groups in total. The van der Waals surface area contributed by atoms with Crippen molar-refractivity contribution in [3.63, 3.8) is 0 Å². The highest BCUT2D eigenvalue weighted by atomic mass is 16.7. The largest absolute Gasteiger partial charge is 0.454 e. The molecule has 0 aliphatic carbocycles. The second-order valence-electron chi connectivity index (χ2n) is 7.79. The van der Waals surface area contributed by atoms with Gasteiger partial charge in [0, 0.05) is 32.6 Å². The summed E-state index contributed by atoms with van der Waals surface area (Å²) in [5.74, 6) is 0.683. The molecule has 2 aliphatic rings. The fraction of sp³-hybridized carbons (Fsp3) is 0.375. The third kappa shape index (κ3) is 5.01. The summed E-state index contributed by atoms with van der Waals surface area (Å²) in [6, 6.07) is 12.5. The van der Waals surface area contributed by atoms with Crippen molar-refractivity contribution in [2.75, 3.05) is 26.5 Å². The lowest BCUT2D eigenvalue weighted by molar-refractivity contribution is -0.135. The molecular weight excluding hydrogens is 412 g/mol. The standard InChI is InChI=1S/C24H26N2O6/c1-2-25(14-18-7-10-20-21(12-18)32-16-31-20)23(28)15-30-24(29)19-8-5-17(6-9-19)13-26-11-3-4-22(26)27/h5-10,12H,2-4,11,13-16H2,1H3. The first-order chi connectivity index (χ1) is 15.5. The van der Waals surface area contributed by atoms with Crippen LogP contribution in [0.3, 0.4) is 0 Å². The molecule has 8 nitrogen and oxygen atoms in total. The number of amides is 2. The molecule has 1 saturated heterocycles. The van der Waals surface area contributed by atoms with E-state index in [2.05, 4.69) is 0 Å². The molecule has 0 spiro atoms. The summed E-state index contributed by atoms with van der Waals surface area (Å²) in [4.78, 5) is 40.1. The van der Waals surface area contributed by atoms with E-state index in [-0.39, 0.29) is 25.2 Å². The molecule has 1 fully saturated rings. The molecule has 4 rings (SSSR count). The van der Waals surface area contributed by atoms with E-state index in [1.807, 2.05) is 42.2 Å². The average Bonchev–Trinajstić information content (AvgIpc) is 3.44. The first-order valence-electron chi connectivity index (χ1n) is 10.7. The summed E-state index contributed by atoms with van der Waals surface area (Å²) in [5, 5.41) is 0. The van der Waals surface area contributed by atoms with Gasteiger partial charge in [0.25, 0.3) is 5.91 Å². The van der Waals surface area contributed by atoms with E-state index in [9.17, 15) is 14.4 Å². The highest BCUT2D eigenvalue weighted by Crippen LogP contribution is 2.32. The van der Waals surface area contributed by atoms with E-state index in [4.69, 9.17) is 14.2 Å². The van der Waals surface area contributed by atoms with Gasteiger partial charge in [0.15, 0.2) is 18.1 Å². The lowest BCUT2D eigenvalue weighted by Gasteiger charge is -2.21. The average molecular weight is 438 g/mol. The highest BCUT2D eigenvalue weighted by Gasteiger charge is 2.21. The maximum absolute atomic E-state index is 12.6. The third-order valence-corrected chi connectivity index (χ3v) is 5.61. The van der Waals surface area contributed by atoms with Crippen LogP contribution < -0.4 is 9.47 Å². The van der Waals surface area contributed by atoms with Gasteiger partial charge in [0.2, 0.25) is 12.7 Å². The van der Waals surface area contributed by atoms with Gasteiger partial charge in [-0.3, -0.25) is 9.59 Å². The van der Waals surface area contributed by atoms with Gasteiger partial charge in [-0.15, -0.1) is 0 Å². The minimum Gasteiger partial charge on any atom is -0.454 e. The zero-order valence-corrected chi connectivity index (χ0v) is 18.0. The van der Waals surface area contributed by atoms with Crippen LogP contribution in [0.25, 0.3) is 0 Å². The van der Waals surface area contributed by atoms with E-state index < -0.39 is 5.97 Å². The molecule has 168 valence electrons. The van der Waals surface area contributed by atoms with Crippen LogP contribution in [0, 0.1) is 0 Å². The van der Waals surface area contributed by atoms with Crippen LogP contribution in [0.5, 0.6) is 11.5 Å². The zero-order chi connectivity index (χ0) is 22.5. The van der Waals surface area contributed by atoms with Gasteiger partial charge >= 0.3 is 5.97 Å². The topological polar surface area (TPSA) is 85.4 Å². The van der Waals surface area contributed by atoms with Gasteiger partial charge in [-0.25, -0.2) is 4.79 Å². The Labute approximate surface area is 186 Å². The number of esters is 1. The molecule has 2 heterocycles. The van der Waals surface area contributed by atoms with E-state index >= 15 is 0 Å². The smallest absolute Gasteiger partial charge is 0.338 e. The molecule has 0 aromatic heterocycles. The first-order valence-corrected chi connectivity index (χ1v) is 10.7. The van der Waals surface area contributed by atoms with Crippen LogP contribution >= 0.6 is 0 Å². The van der Waals surface area contributed by atoms with Crippen molar-refractivity contribution in [3.8, 4) is 11.5 Å². The number of carbonyl (C=O) groups excluding carboxylic acids is 3. The molecule has 32 heavy (non-hydrogen) atoms. The summed E-state index contributed by atoms with van der Waals surface area (Å²) in [6.07, 6.45) is 1.49. The summed E-state index contributed by atoms with van der Waals surface area (Å²) in [7, 11) is 0. The minimum absolute atomic E-state index is 0.160. The van der Waals surface area contributed by atoms with Crippen LogP contribution in [-0.4, -0.2) is 54.1 Å². The predicted molar refractivity (Wildman–Crippen MR) is 115 cm³/mol. The molecule has 0 unspecified atom stereocenters. The zero-order valence-electron chi connectivity index (χ0n) is 18.0. The summed E-state index contributed by atoms with van der Waals surface area (Å²) in [5.41, 5.74) is 2.23. The van der Waals surface area contributed by atoms with Crippen molar-refractivity contribution < 1.29 is 28.6 Å². The van der Waals surface area contributed by atoms with E-state index in [1.165, 1.54) is 0 Å². The minimum atomic E-state index is -0.554. The Balaban J connectivity index is 1.28. The maximum atomic E-state index is 12.6. The Morgan fingerprint density at radius 3 is 2.53 bits per heavy atom. The van der Waals surface area contributed by atoms with Crippen molar-refractivity contribution in [1.29, 1.82) is 0 Å². The molecule has 0 saturated carbocycles. The Morgan fingerprint density at radius 1 is 1.06 bits per heavy atom. The number of likely N-dealkylation sites (tertiary alicyclic amines) is 1. The molecule has 2 aliphatic heterocycles. The predicted octanol–water partition coefficient (Wildman–Crippen LogP) is 2.74. The van der Waals surface area contributed by atoms with Crippen LogP contribution in [0.4, 0.5) is 0 Å². The molecule has 2 aromatic carbocycles. The fourth-order valence-corrected chi connectivity index (χ4v) is 3.78. The summed E-state index contributed by atoms with van der Waals surface area (Å²) in [6.45, 7) is 3.91. The van der Waals surface area contributed by atoms with Gasteiger partial charge in [-0.05, 0) is 48.7 Å². The Kier molecular flexibility index (Phi) is 6.58. The van der Waals surface area contributed by atoms with Gasteiger partial charge in [-0.1, -0.05) is 18.2 Å². The van der Waals surface area contributed by atoms with Crippen LogP contribution in [0.2, 0.25) is 0 Å². The molecule has 8 heteroatoms. The van der Waals surface area contributed by atoms with E-state index in [1.54, 1.807) is 17.0 Å². The number of carbonyl (C=O) groups is 3. The monoisotopic (exact) mass is 438 g/mol. The first kappa shape index (κ1) is 21.7. The number of rotatable bonds is 8. The van der Waals surface area contributed by atoms with Crippen LogP contribution in [-0.2, 0) is 27.4 Å². The Hall–Kier alpha value is -3.55. The maximum Gasteiger partial charge on any atom is 0.338 e. The summed E-state index contributed by atoms with van der Waals surface area (Å²) < 4.78 is 15.9. The molecule has 0 bridgehead atoms. The van der Waals surface area contributed by atoms with Gasteiger partial charge in [-0.2, -0.15) is 0 Å². The van der Waals surface area contributed by atoms with Crippen molar-refractivity contribution >= 4 is 17.8 Å². The summed E-state index contributed by atoms with van der Waals surface area (Å²) >= 11 is 0. The number of nitrogens with zero attached hydrogens (tertiary/aromatic N) is 2. The van der Waals surface area contributed by atoms with Crippen LogP contribution in [0.1, 0.15) is 41.3 Å². The van der Waals surface area contributed by atoms with Gasteiger partial charge in [0.05, 0.1) is 5.56 Å². The second-order valence-corrected chi connectivity index (χ2v) is 7.79. The third-order valence-electron chi connectivity index (χ3n) is 5.61. The number of benzene rings is 2. The fourth-order valence-electron chi connectivity index (χ4n) is 3.78. The van der Waals surface area contributed by atoms with Crippen molar-refractivity contribution in [1.82, 2.24) is 9.80 Å². The molecule has 2 aromatic rings. The number of hydrogen-bond acceptors (Lipinski definition) is 6. The highest BCUT2D eigenvalue weighted by molar-refractivity contribution is 5.91. The van der Waals surface area contributed by atoms with E-state index in [0.29, 0.717) is 43.1 Å². The lowest BCUT2D eigenvalue weighted by Crippen LogP contribution is -2.34. The molecule has 2 amide bonds. The molecule has 0 radical (unpaired) electrons. The number of fused-ring (bicyclic) bond motifs is 1. The SMILES string of the molecule is CCN(Cc1ccc2c(c1)OCO2)C(=O)COC(=O)c1ccc(CN2CCCC2=O)cc1. The Morgan fingerprint density at radius 2 is 1.81 bits per heavy atom. The van der Waals surface area contributed by atoms with Gasteiger partial charge in [0.1, 0.15) is 0 Å². The Bertz CT molecular complexity index is 1000.